The molecule has 48 valence electrons. The molecule has 0 rings (SSSR count). The predicted molar refractivity (Wildman–Crippen MR) is 33.6 cm³/mol. The molecule has 2 nitrogen and oxygen atoms in total. The average Bonchev–Trinajstić information content (AvgIpc) is 1.46. The summed E-state index contributed by atoms with van der Waals surface area (Å²) in [4.78, 5) is 0. The molecule has 0 aliphatic heterocycles. The van der Waals surface area contributed by atoms with Gasteiger partial charge in [-0.1, -0.05) is 0 Å². The van der Waals surface area contributed by atoms with E-state index in [9.17, 15) is 0 Å². The van der Waals surface area contributed by atoms with Crippen LogP contribution in [0, 0.1) is 14.9 Å². The summed E-state index contributed by atoms with van der Waals surface area (Å²) < 4.78 is 3.75. The van der Waals surface area contributed by atoms with E-state index in [0.29, 0.717) is 0 Å². The summed E-state index contributed by atoms with van der Waals surface area (Å²) in [7, 11) is 9.25. The molecule has 1 N–H and O–H groups in total. The maximum Gasteiger partial charge on any atom is 0.282 e. The van der Waals surface area contributed by atoms with Crippen LogP contribution in [-0.4, -0.2) is 28.2 Å². The topological polar surface area (TPSA) is 29.5 Å². The molecule has 9 heavy (non-hydrogen) atoms. The van der Waals surface area contributed by atoms with Gasteiger partial charge in [0.2, 0.25) is 0 Å². The fraction of sp³-hybridized carbons (Fsp3) is 0.333. The van der Waals surface area contributed by atoms with Gasteiger partial charge in [-0.2, -0.15) is 0 Å². The second-order valence-corrected chi connectivity index (χ2v) is 0.236. The van der Waals surface area contributed by atoms with Crippen LogP contribution in [0.2, 0.25) is 0 Å². The number of rotatable bonds is 0. The van der Waals surface area contributed by atoms with Gasteiger partial charge in [-0.25, -0.2) is 0 Å². The third-order valence-corrected chi connectivity index (χ3v) is 0. The van der Waals surface area contributed by atoms with Crippen LogP contribution in [0.15, 0.2) is 0 Å². The van der Waals surface area contributed by atoms with Crippen molar-refractivity contribution in [2.24, 2.45) is 0 Å². The van der Waals surface area contributed by atoms with Crippen LogP contribution < -0.4 is 0 Å². The van der Waals surface area contributed by atoms with Crippen LogP contribution in [0.4, 0.5) is 0 Å². The molecule has 0 amide bonds. The summed E-state index contributed by atoms with van der Waals surface area (Å²) in [5, 5.41) is 6.50. The minimum Gasteiger partial charge on any atom is -0.461 e. The van der Waals surface area contributed by atoms with E-state index >= 15 is 0 Å². The molecule has 0 aromatic carbocycles. The van der Waals surface area contributed by atoms with Gasteiger partial charge in [0, 0.05) is 72.5 Å². The summed E-state index contributed by atoms with van der Waals surface area (Å²) in [6, 6.07) is 0. The zero-order valence-electron chi connectivity index (χ0n) is 6.16. The molecule has 0 saturated carbocycles. The normalized spacial score (nSPS) is 2.44. The second kappa shape index (κ2) is 82.8. The first-order chi connectivity index (χ1) is 2.41. The molecule has 0 saturated heterocycles. The standard InChI is InChI=1S/CH3BO.2CH3.BHO.2Y/c1-3-2;;;1-2;;/h1H3;2*1H3;2H;;/q;2*-1;;;. The van der Waals surface area contributed by atoms with Crippen molar-refractivity contribution in [2.75, 3.05) is 7.11 Å². The molecule has 0 atom stereocenters. The Balaban J connectivity index is -0.00000000357. The van der Waals surface area contributed by atoms with E-state index < -0.39 is 0 Å². The minimum absolute atomic E-state index is 0. The molecule has 0 aliphatic rings. The first-order valence-corrected chi connectivity index (χ1v) is 0.902. The van der Waals surface area contributed by atoms with Crippen LogP contribution in [0.3, 0.4) is 0 Å². The molecule has 0 heterocycles. The van der Waals surface area contributed by atoms with Crippen molar-refractivity contribution in [1.82, 2.24) is 0 Å². The Hall–Kier alpha value is 2.26. The van der Waals surface area contributed by atoms with E-state index in [1.54, 1.807) is 0 Å². The van der Waals surface area contributed by atoms with Crippen molar-refractivity contribution in [3.05, 3.63) is 14.9 Å². The third kappa shape index (κ3) is 137. The SMILES string of the molecule is [B]O.[B]OC.[CH3-].[CH3-].[Y].[Y]. The quantitative estimate of drug-likeness (QED) is 0.486. The largest absolute Gasteiger partial charge is 0.461 e. The molecule has 0 aliphatic carbocycles. The predicted octanol–water partition coefficient (Wildman–Crippen LogP) is -0.326. The van der Waals surface area contributed by atoms with Gasteiger partial charge in [0.25, 0.3) is 16.1 Å². The summed E-state index contributed by atoms with van der Waals surface area (Å²) in [5.74, 6) is 0. The van der Waals surface area contributed by atoms with Crippen LogP contribution in [-0.2, 0) is 70.1 Å². The van der Waals surface area contributed by atoms with Gasteiger partial charge in [0.05, 0.1) is 0 Å². The van der Waals surface area contributed by atoms with Crippen LogP contribution in [0.25, 0.3) is 0 Å². The van der Waals surface area contributed by atoms with Crippen LogP contribution in [0.5, 0.6) is 0 Å². The molecule has 0 fully saturated rings. The van der Waals surface area contributed by atoms with Crippen LogP contribution >= 0.6 is 0 Å². The van der Waals surface area contributed by atoms with Gasteiger partial charge in [-0.05, 0) is 0 Å². The van der Waals surface area contributed by atoms with Gasteiger partial charge >= 0.3 is 0 Å². The first-order valence-electron chi connectivity index (χ1n) is 0.902. The van der Waals surface area contributed by atoms with Crippen molar-refractivity contribution in [3.8, 4) is 0 Å². The molecule has 6 radical (unpaired) electrons. The van der Waals surface area contributed by atoms with Crippen molar-refractivity contribution in [2.45, 2.75) is 0 Å². The zero-order chi connectivity index (χ0) is 4.71. The molecule has 0 spiro atoms. The number of hydrogen-bond donors (Lipinski definition) is 1. The van der Waals surface area contributed by atoms with Gasteiger partial charge < -0.3 is 24.5 Å². The van der Waals surface area contributed by atoms with E-state index in [4.69, 9.17) is 5.02 Å². The van der Waals surface area contributed by atoms with Gasteiger partial charge in [-0.15, -0.1) is 0 Å². The maximum absolute atomic E-state index is 6.50. The molecule has 0 aromatic rings. The van der Waals surface area contributed by atoms with E-state index in [2.05, 4.69) is 20.8 Å². The average molecular weight is 278 g/mol. The first kappa shape index (κ1) is 42.9. The molecular formula is C3H10B2O2Y2-2. The maximum atomic E-state index is 6.50. The van der Waals surface area contributed by atoms with E-state index in [1.807, 2.05) is 0 Å². The summed E-state index contributed by atoms with van der Waals surface area (Å²) in [5.41, 5.74) is 0. The Morgan fingerprint density at radius 2 is 1.11 bits per heavy atom. The zero-order valence-corrected chi connectivity index (χ0v) is 11.8. The van der Waals surface area contributed by atoms with Crippen molar-refractivity contribution in [3.63, 3.8) is 0 Å². The Morgan fingerprint density at radius 3 is 1.11 bits per heavy atom. The van der Waals surface area contributed by atoms with Gasteiger partial charge in [0.1, 0.15) is 0 Å². The number of hydrogen-bond acceptors (Lipinski definition) is 2. The summed E-state index contributed by atoms with van der Waals surface area (Å²) >= 11 is 0. The van der Waals surface area contributed by atoms with E-state index in [0.717, 1.165) is 0 Å². The fourth-order valence-electron chi connectivity index (χ4n) is 0. The smallest absolute Gasteiger partial charge is 0.282 e. The summed E-state index contributed by atoms with van der Waals surface area (Å²) in [6.07, 6.45) is 0. The minimum atomic E-state index is 0. The second-order valence-electron chi connectivity index (χ2n) is 0.236. The molecule has 0 bridgehead atoms. The third-order valence-electron chi connectivity index (χ3n) is 0. The van der Waals surface area contributed by atoms with Crippen molar-refractivity contribution >= 4 is 16.1 Å². The van der Waals surface area contributed by atoms with Crippen LogP contribution in [0.1, 0.15) is 0 Å². The van der Waals surface area contributed by atoms with Crippen molar-refractivity contribution < 1.29 is 75.1 Å². The Labute approximate surface area is 112 Å². The Morgan fingerprint density at radius 1 is 1.11 bits per heavy atom. The van der Waals surface area contributed by atoms with E-state index in [-0.39, 0.29) is 80.3 Å². The monoisotopic (exact) mass is 278 g/mol. The Kier molecular flexibility index (Phi) is 394. The summed E-state index contributed by atoms with van der Waals surface area (Å²) in [6.45, 7) is 0. The molecule has 0 aromatic heterocycles. The molecule has 0 unspecified atom stereocenters. The molecular weight excluding hydrogens is 267 g/mol. The Bertz CT molecular complexity index is 17.8. The van der Waals surface area contributed by atoms with Crippen molar-refractivity contribution in [1.29, 1.82) is 0 Å². The van der Waals surface area contributed by atoms with E-state index in [1.165, 1.54) is 7.11 Å². The van der Waals surface area contributed by atoms with Gasteiger partial charge in [-0.3, -0.25) is 0 Å². The molecule has 6 heteroatoms. The van der Waals surface area contributed by atoms with Gasteiger partial charge in [0.15, 0.2) is 0 Å². The fourth-order valence-corrected chi connectivity index (χ4v) is 0.